The fourth-order valence-corrected chi connectivity index (χ4v) is 4.38. The van der Waals surface area contributed by atoms with E-state index in [1.165, 1.54) is 0 Å². The van der Waals surface area contributed by atoms with Crippen molar-refractivity contribution in [2.24, 2.45) is 0 Å². The first-order valence-corrected chi connectivity index (χ1v) is 11.2. The van der Waals surface area contributed by atoms with Gasteiger partial charge in [-0.3, -0.25) is 4.31 Å². The molecule has 9 heteroatoms. The van der Waals surface area contributed by atoms with E-state index in [0.29, 0.717) is 17.1 Å². The van der Waals surface area contributed by atoms with E-state index in [1.54, 1.807) is 25.1 Å². The summed E-state index contributed by atoms with van der Waals surface area (Å²) in [5.41, 5.74) is 1.20. The molecule has 0 bridgehead atoms. The Labute approximate surface area is 143 Å². The first-order valence-electron chi connectivity index (χ1n) is 7.28. The maximum absolute atomic E-state index is 12.0. The third-order valence-corrected chi connectivity index (χ3v) is 6.13. The summed E-state index contributed by atoms with van der Waals surface area (Å²) in [6, 6.07) is 4.96. The predicted octanol–water partition coefficient (Wildman–Crippen LogP) is 2.13. The first-order chi connectivity index (χ1) is 10.6. The Morgan fingerprint density at radius 2 is 1.87 bits per heavy atom. The van der Waals surface area contributed by atoms with E-state index >= 15 is 0 Å². The molecule has 0 spiro atoms. The molecule has 0 saturated carbocycles. The SMILES string of the molecule is CCCCS(=O)(=O)NCCN(c1cc(Cl)ccc1C)S(C)(=O)=O. The van der Waals surface area contributed by atoms with E-state index in [-0.39, 0.29) is 18.8 Å². The first kappa shape index (κ1) is 20.2. The average Bonchev–Trinajstić information content (AvgIpc) is 2.43. The fraction of sp³-hybridized carbons (Fsp3) is 0.571. The molecule has 23 heavy (non-hydrogen) atoms. The fourth-order valence-electron chi connectivity index (χ4n) is 2.03. The van der Waals surface area contributed by atoms with Crippen LogP contribution >= 0.6 is 11.6 Å². The zero-order valence-corrected chi connectivity index (χ0v) is 15.9. The van der Waals surface area contributed by atoms with Gasteiger partial charge in [0, 0.05) is 18.1 Å². The molecule has 6 nitrogen and oxygen atoms in total. The van der Waals surface area contributed by atoms with Crippen molar-refractivity contribution in [1.29, 1.82) is 0 Å². The summed E-state index contributed by atoms with van der Waals surface area (Å²) >= 11 is 5.94. The van der Waals surface area contributed by atoms with Crippen LogP contribution in [0.1, 0.15) is 25.3 Å². The van der Waals surface area contributed by atoms with Gasteiger partial charge in [-0.1, -0.05) is 31.0 Å². The lowest BCUT2D eigenvalue weighted by atomic mass is 10.2. The van der Waals surface area contributed by atoms with Crippen molar-refractivity contribution in [3.63, 3.8) is 0 Å². The Balaban J connectivity index is 2.88. The number of anilines is 1. The molecule has 0 aromatic heterocycles. The molecule has 0 aliphatic rings. The number of hydrogen-bond donors (Lipinski definition) is 1. The van der Waals surface area contributed by atoms with Gasteiger partial charge in [0.15, 0.2) is 0 Å². The predicted molar refractivity (Wildman–Crippen MR) is 95.1 cm³/mol. The molecule has 0 unspecified atom stereocenters. The topological polar surface area (TPSA) is 83.6 Å². The summed E-state index contributed by atoms with van der Waals surface area (Å²) in [4.78, 5) is 0. The van der Waals surface area contributed by atoms with E-state index in [1.807, 2.05) is 6.92 Å². The van der Waals surface area contributed by atoms with Crippen LogP contribution in [-0.4, -0.2) is 41.9 Å². The number of nitrogens with zero attached hydrogens (tertiary/aromatic N) is 1. The number of nitrogens with one attached hydrogen (secondary N) is 1. The smallest absolute Gasteiger partial charge is 0.232 e. The minimum absolute atomic E-state index is 0.00503. The van der Waals surface area contributed by atoms with Gasteiger partial charge < -0.3 is 0 Å². The molecule has 132 valence electrons. The van der Waals surface area contributed by atoms with Crippen molar-refractivity contribution >= 4 is 37.3 Å². The third-order valence-electron chi connectivity index (χ3n) is 3.24. The number of aryl methyl sites for hydroxylation is 1. The molecule has 1 aromatic carbocycles. The maximum Gasteiger partial charge on any atom is 0.232 e. The quantitative estimate of drug-likeness (QED) is 0.709. The second-order valence-electron chi connectivity index (χ2n) is 5.33. The molecule has 1 aromatic rings. The second-order valence-corrected chi connectivity index (χ2v) is 9.60. The Hall–Kier alpha value is -0.830. The molecule has 0 amide bonds. The Morgan fingerprint density at radius 3 is 2.43 bits per heavy atom. The van der Waals surface area contributed by atoms with Gasteiger partial charge in [-0.15, -0.1) is 0 Å². The van der Waals surface area contributed by atoms with E-state index in [0.717, 1.165) is 22.5 Å². The van der Waals surface area contributed by atoms with Gasteiger partial charge in [-0.2, -0.15) is 0 Å². The van der Waals surface area contributed by atoms with E-state index in [2.05, 4.69) is 4.72 Å². The van der Waals surface area contributed by atoms with Gasteiger partial charge in [-0.25, -0.2) is 21.6 Å². The number of sulfonamides is 2. The van der Waals surface area contributed by atoms with Gasteiger partial charge in [0.1, 0.15) is 0 Å². The summed E-state index contributed by atoms with van der Waals surface area (Å²) in [7, 11) is -6.93. The lowest BCUT2D eigenvalue weighted by molar-refractivity contribution is 0.575. The molecule has 0 fully saturated rings. The van der Waals surface area contributed by atoms with Crippen LogP contribution in [0.15, 0.2) is 18.2 Å². The van der Waals surface area contributed by atoms with Crippen molar-refractivity contribution in [3.8, 4) is 0 Å². The highest BCUT2D eigenvalue weighted by molar-refractivity contribution is 7.92. The van der Waals surface area contributed by atoms with Crippen LogP contribution in [0.3, 0.4) is 0 Å². The minimum Gasteiger partial charge on any atom is -0.269 e. The number of unbranched alkanes of at least 4 members (excludes halogenated alkanes) is 1. The van der Waals surface area contributed by atoms with Crippen LogP contribution in [0.5, 0.6) is 0 Å². The van der Waals surface area contributed by atoms with Crippen LogP contribution < -0.4 is 9.03 Å². The molecule has 0 radical (unpaired) electrons. The lowest BCUT2D eigenvalue weighted by Crippen LogP contribution is -2.39. The summed E-state index contributed by atoms with van der Waals surface area (Å²) in [5, 5.41) is 0.419. The van der Waals surface area contributed by atoms with Crippen molar-refractivity contribution in [2.45, 2.75) is 26.7 Å². The standard InChI is InChI=1S/C14H23ClN2O4S2/c1-4-5-10-23(20,21)16-8-9-17(22(3,18)19)14-11-13(15)7-6-12(14)2/h6-7,11,16H,4-5,8-10H2,1-3H3. The van der Waals surface area contributed by atoms with Crippen LogP contribution in [0.2, 0.25) is 5.02 Å². The Bertz CT molecular complexity index is 733. The summed E-state index contributed by atoms with van der Waals surface area (Å²) in [6.45, 7) is 3.69. The second kappa shape index (κ2) is 8.32. The number of benzene rings is 1. The van der Waals surface area contributed by atoms with Crippen LogP contribution in [0.25, 0.3) is 0 Å². The molecular formula is C14H23ClN2O4S2. The molecule has 1 rings (SSSR count). The van der Waals surface area contributed by atoms with Crippen molar-refractivity contribution in [3.05, 3.63) is 28.8 Å². The van der Waals surface area contributed by atoms with Crippen LogP contribution in [0, 0.1) is 6.92 Å². The number of rotatable bonds is 9. The number of hydrogen-bond acceptors (Lipinski definition) is 4. The van der Waals surface area contributed by atoms with Gasteiger partial charge in [-0.05, 0) is 31.0 Å². The normalized spacial score (nSPS) is 12.3. The molecule has 0 aliphatic carbocycles. The largest absolute Gasteiger partial charge is 0.269 e. The van der Waals surface area contributed by atoms with Gasteiger partial charge in [0.05, 0.1) is 17.7 Å². The highest BCUT2D eigenvalue weighted by Crippen LogP contribution is 2.25. The van der Waals surface area contributed by atoms with Crippen LogP contribution in [0.4, 0.5) is 5.69 Å². The molecule has 0 heterocycles. The monoisotopic (exact) mass is 382 g/mol. The van der Waals surface area contributed by atoms with E-state index in [9.17, 15) is 16.8 Å². The zero-order chi connectivity index (χ0) is 17.7. The van der Waals surface area contributed by atoms with Crippen molar-refractivity contribution in [2.75, 3.05) is 29.4 Å². The average molecular weight is 383 g/mol. The third kappa shape index (κ3) is 6.66. The van der Waals surface area contributed by atoms with Gasteiger partial charge in [0.25, 0.3) is 0 Å². The maximum atomic E-state index is 12.0. The summed E-state index contributed by atoms with van der Waals surface area (Å²) in [6.07, 6.45) is 2.43. The van der Waals surface area contributed by atoms with E-state index in [4.69, 9.17) is 11.6 Å². The molecular weight excluding hydrogens is 360 g/mol. The molecule has 1 N–H and O–H groups in total. The van der Waals surface area contributed by atoms with Crippen LogP contribution in [-0.2, 0) is 20.0 Å². The number of halogens is 1. The molecule has 0 saturated heterocycles. The highest BCUT2D eigenvalue weighted by atomic mass is 35.5. The lowest BCUT2D eigenvalue weighted by Gasteiger charge is -2.24. The van der Waals surface area contributed by atoms with Gasteiger partial charge >= 0.3 is 0 Å². The van der Waals surface area contributed by atoms with Crippen molar-refractivity contribution < 1.29 is 16.8 Å². The minimum atomic E-state index is -3.55. The summed E-state index contributed by atoms with van der Waals surface area (Å²) in [5.74, 6) is 0.0402. The zero-order valence-electron chi connectivity index (χ0n) is 13.5. The van der Waals surface area contributed by atoms with Crippen molar-refractivity contribution in [1.82, 2.24) is 4.72 Å². The Morgan fingerprint density at radius 1 is 1.22 bits per heavy atom. The Kier molecular flexibility index (Phi) is 7.31. The van der Waals surface area contributed by atoms with Gasteiger partial charge in [0.2, 0.25) is 20.0 Å². The molecule has 0 atom stereocenters. The summed E-state index contributed by atoms with van der Waals surface area (Å²) < 4.78 is 51.2. The molecule has 0 aliphatic heterocycles. The van der Waals surface area contributed by atoms with E-state index < -0.39 is 20.0 Å². The highest BCUT2D eigenvalue weighted by Gasteiger charge is 2.20.